The van der Waals surface area contributed by atoms with Gasteiger partial charge in [-0.05, 0) is 300 Å². The Morgan fingerprint density at radius 1 is 0.344 bits per heavy atom. The Bertz CT molecular complexity index is 5090. The monoisotopic (exact) mass is 1680 g/mol. The maximum Gasteiger partial charge on any atom is 0.213 e. The summed E-state index contributed by atoms with van der Waals surface area (Å²) >= 11 is 6.24. The highest BCUT2D eigenvalue weighted by molar-refractivity contribution is 6.32. The Balaban J connectivity index is 0.000000202. The first kappa shape index (κ1) is 96.2. The molecule has 6 N–H and O–H groups in total. The lowest BCUT2D eigenvalue weighted by Gasteiger charge is -2.17. The number of hydrogen-bond acceptors (Lipinski definition) is 14. The van der Waals surface area contributed by atoms with E-state index in [1.54, 1.807) is 85.1 Å². The molecule has 0 aliphatic heterocycles. The minimum absolute atomic E-state index is 0.131. The van der Waals surface area contributed by atoms with Gasteiger partial charge in [0.05, 0.1) is 28.0 Å². The molecule has 0 spiro atoms. The van der Waals surface area contributed by atoms with Crippen LogP contribution in [0.5, 0.6) is 34.6 Å². The van der Waals surface area contributed by atoms with Crippen LogP contribution < -0.4 is 60.3 Å². The summed E-state index contributed by atoms with van der Waals surface area (Å²) in [5.74, 6) is 3.72. The Morgan fingerprint density at radius 2 is 0.664 bits per heavy atom. The van der Waals surface area contributed by atoms with E-state index in [0.717, 1.165) is 67.6 Å². The summed E-state index contributed by atoms with van der Waals surface area (Å²) in [6.07, 6.45) is 6.97. The topological polar surface area (TPSA) is 164 Å². The molecule has 11 aromatic carbocycles. The first-order valence-corrected chi connectivity index (χ1v) is 40.4. The zero-order valence-electron chi connectivity index (χ0n) is 71.3. The van der Waals surface area contributed by atoms with Gasteiger partial charge in [-0.25, -0.2) is 35.7 Å². The molecule has 1 atom stereocenters. The van der Waals surface area contributed by atoms with Crippen LogP contribution in [-0.4, -0.2) is 41.2 Å². The van der Waals surface area contributed by atoms with Gasteiger partial charge in [-0.1, -0.05) is 90.3 Å². The number of anilines is 6. The molecular formula is C100H108ClF7N8O6. The third-order valence-electron chi connectivity index (χ3n) is 16.8. The molecule has 1 aromatic heterocycles. The molecule has 0 fully saturated rings. The van der Waals surface area contributed by atoms with Crippen molar-refractivity contribution < 1.29 is 59.2 Å². The number of rotatable bonds is 30. The number of halogens is 8. The molecule has 22 heteroatoms. The van der Waals surface area contributed by atoms with Crippen LogP contribution in [0.25, 0.3) is 0 Å². The highest BCUT2D eigenvalue weighted by Crippen LogP contribution is 2.33. The van der Waals surface area contributed by atoms with E-state index in [0.29, 0.717) is 87.9 Å². The van der Waals surface area contributed by atoms with Gasteiger partial charge in [0.1, 0.15) is 103 Å². The zero-order chi connectivity index (χ0) is 88.6. The normalized spacial score (nSPS) is 10.8. The second-order valence-corrected chi connectivity index (χ2v) is 30.4. The highest BCUT2D eigenvalue weighted by atomic mass is 35.5. The molecule has 0 aliphatic carbocycles. The summed E-state index contributed by atoms with van der Waals surface area (Å²) in [5, 5.41) is 29.2. The number of ether oxygens (including phenoxy) is 6. The van der Waals surface area contributed by atoms with E-state index < -0.39 is 5.82 Å². The smallest absolute Gasteiger partial charge is 0.213 e. The molecule has 0 saturated heterocycles. The van der Waals surface area contributed by atoms with Crippen LogP contribution in [0.2, 0.25) is 5.02 Å². The number of terminal acetylenes is 1. The summed E-state index contributed by atoms with van der Waals surface area (Å²) in [7, 11) is 0. The summed E-state index contributed by atoms with van der Waals surface area (Å²) in [6.45, 7) is 29.8. The fraction of sp³-hybridized carbons (Fsp3) is 0.260. The van der Waals surface area contributed by atoms with Crippen molar-refractivity contribution in [2.24, 2.45) is 0 Å². The number of pyridine rings is 1. The van der Waals surface area contributed by atoms with Gasteiger partial charge >= 0.3 is 0 Å². The molecule has 0 saturated carbocycles. The van der Waals surface area contributed by atoms with Crippen molar-refractivity contribution in [1.29, 1.82) is 5.26 Å². The third-order valence-corrected chi connectivity index (χ3v) is 17.1. The van der Waals surface area contributed by atoms with Crippen LogP contribution in [0, 0.1) is 71.3 Å². The van der Waals surface area contributed by atoms with Crippen molar-refractivity contribution >= 4 is 45.7 Å². The zero-order valence-corrected chi connectivity index (χ0v) is 72.0. The average Bonchev–Trinajstić information content (AvgIpc) is 0.887. The second-order valence-electron chi connectivity index (χ2n) is 30.0. The molecule has 14 nitrogen and oxygen atoms in total. The maximum absolute atomic E-state index is 13.8. The molecule has 0 bridgehead atoms. The van der Waals surface area contributed by atoms with E-state index in [4.69, 9.17) is 46.4 Å². The van der Waals surface area contributed by atoms with E-state index in [1.807, 2.05) is 126 Å². The Kier molecular flexibility index (Phi) is 39.5. The highest BCUT2D eigenvalue weighted by Gasteiger charge is 2.15. The second kappa shape index (κ2) is 50.2. The summed E-state index contributed by atoms with van der Waals surface area (Å²) in [5.41, 5.74) is 12.2. The van der Waals surface area contributed by atoms with Crippen molar-refractivity contribution in [3.8, 4) is 53.0 Å². The lowest BCUT2D eigenvalue weighted by atomic mass is 10.1. The van der Waals surface area contributed by atoms with E-state index >= 15 is 0 Å². The molecule has 0 radical (unpaired) electrons. The minimum atomic E-state index is -0.438. The van der Waals surface area contributed by atoms with Crippen LogP contribution in [0.3, 0.4) is 0 Å². The summed E-state index contributed by atoms with van der Waals surface area (Å²) < 4.78 is 126. The SMILES string of the molecule is C#Cc1cc(NC(C)C)ccc1OCc1cccc(F)c1.CC(C)Nc1ccc(OC(C)c2cccc(F)c2)c(Cl)c1.CC(C)Nc1ccc(OCc2cccc(F)c2)c(C#N)c1.CC(C)Nc1ccc(OCc2cccc(F)c2)c(F)c1.CC(C)Nc1ccc(OCc2cccc(F)c2)nc1.Cc1cc(NC(C)C)ccc1OCc1cccc(F)c1. The summed E-state index contributed by atoms with van der Waals surface area (Å²) in [6, 6.07) is 72.8. The number of benzene rings is 11. The van der Waals surface area contributed by atoms with Crippen molar-refractivity contribution in [2.45, 2.75) is 172 Å². The average molecular weight is 1690 g/mol. The molecule has 1 unspecified atom stereocenters. The molecule has 12 aromatic rings. The number of hydrogen-bond donors (Lipinski definition) is 6. The molecule has 0 amide bonds. The number of nitriles is 1. The van der Waals surface area contributed by atoms with Crippen LogP contribution >= 0.6 is 11.6 Å². The fourth-order valence-electron chi connectivity index (χ4n) is 11.5. The molecule has 12 rings (SSSR count). The molecule has 122 heavy (non-hydrogen) atoms. The Hall–Kier alpha value is -13.0. The first-order chi connectivity index (χ1) is 58.3. The third kappa shape index (κ3) is 35.9. The van der Waals surface area contributed by atoms with Crippen LogP contribution in [0.1, 0.15) is 146 Å². The van der Waals surface area contributed by atoms with Crippen LogP contribution in [-0.2, 0) is 33.0 Å². The molecule has 0 aliphatic rings. The van der Waals surface area contributed by atoms with Gasteiger partial charge < -0.3 is 60.3 Å². The van der Waals surface area contributed by atoms with Gasteiger partial charge in [-0.2, -0.15) is 5.26 Å². The van der Waals surface area contributed by atoms with Gasteiger partial charge in [0.2, 0.25) is 5.88 Å². The van der Waals surface area contributed by atoms with Crippen LogP contribution in [0.4, 0.5) is 64.9 Å². The van der Waals surface area contributed by atoms with Crippen molar-refractivity contribution in [3.05, 3.63) is 351 Å². The molecular weight excluding hydrogens is 1580 g/mol. The van der Waals surface area contributed by atoms with E-state index in [9.17, 15) is 36.0 Å². The van der Waals surface area contributed by atoms with Gasteiger partial charge in [0.15, 0.2) is 11.6 Å². The van der Waals surface area contributed by atoms with Crippen LogP contribution in [0.15, 0.2) is 255 Å². The van der Waals surface area contributed by atoms with Gasteiger partial charge in [-0.3, -0.25) is 0 Å². The predicted octanol–water partition coefficient (Wildman–Crippen LogP) is 26.3. The summed E-state index contributed by atoms with van der Waals surface area (Å²) in [4.78, 5) is 4.19. The van der Waals surface area contributed by atoms with E-state index in [2.05, 4.69) is 110 Å². The van der Waals surface area contributed by atoms with Crippen molar-refractivity contribution in [2.75, 3.05) is 31.9 Å². The van der Waals surface area contributed by atoms with Crippen molar-refractivity contribution in [1.82, 2.24) is 4.98 Å². The Morgan fingerprint density at radius 3 is 1.02 bits per heavy atom. The van der Waals surface area contributed by atoms with E-state index in [-0.39, 0.29) is 78.7 Å². The number of nitrogens with zero attached hydrogens (tertiary/aromatic N) is 2. The number of nitrogens with one attached hydrogen (secondary N) is 6. The molecule has 640 valence electrons. The molecule has 1 heterocycles. The lowest BCUT2D eigenvalue weighted by Crippen LogP contribution is -2.09. The minimum Gasteiger partial charge on any atom is -0.489 e. The quantitative estimate of drug-likeness (QED) is 0.0186. The number of aromatic nitrogens is 1. The first-order valence-electron chi connectivity index (χ1n) is 40.0. The predicted molar refractivity (Wildman–Crippen MR) is 480 cm³/mol. The van der Waals surface area contributed by atoms with Gasteiger partial charge in [-0.15, -0.1) is 6.42 Å². The number of aryl methyl sites for hydroxylation is 1. The Labute approximate surface area is 719 Å². The van der Waals surface area contributed by atoms with E-state index in [1.165, 1.54) is 78.9 Å². The van der Waals surface area contributed by atoms with Gasteiger partial charge in [0, 0.05) is 76.8 Å². The largest absolute Gasteiger partial charge is 0.489 e. The van der Waals surface area contributed by atoms with Gasteiger partial charge in [0.25, 0.3) is 0 Å². The maximum atomic E-state index is 13.8. The fourth-order valence-corrected chi connectivity index (χ4v) is 11.7. The van der Waals surface area contributed by atoms with Crippen molar-refractivity contribution in [3.63, 3.8) is 0 Å². The standard InChI is InChI=1S/C18H18FNO.C17H19ClFNO.C17H17FN2O.C17H20FNO.C16H17F2NO.C15H17FN2O/c1-4-15-11-17(20-13(2)3)8-9-18(15)21-12-14-6-5-7-16(19)10-14;1-11(2)20-15-7-8-17(16(18)10-15)21-12(3)13-5-4-6-14(19)9-13;1-12(2)20-16-6-7-17(14(9-16)10-19)21-11-13-4-3-5-15(18)8-13;1-12(2)19-16-7-8-17(13(3)9-16)20-11-14-5-4-6-15(18)10-14;1-11(2)19-14-6-7-16(15(18)9-14)20-10-12-4-3-5-13(17)8-12;1-11(2)18-14-6-7-15(17-9-14)19-10-12-4-3-5-13(16)8-12/h1,5-11,13,20H,12H2,2-3H3;4-12,20H,1-3H3;3-9,12,20H,11H2,1-2H3;4-10,12,19H,11H2,1-3H3;3-9,11,19H,10H2,1-2H3;3-9,11,18H,10H2,1-2H3. The lowest BCUT2D eigenvalue weighted by molar-refractivity contribution is 0.226.